The highest BCUT2D eigenvalue weighted by Crippen LogP contribution is 2.28. The van der Waals surface area contributed by atoms with Crippen molar-refractivity contribution in [2.75, 3.05) is 37.6 Å². The van der Waals surface area contributed by atoms with Gasteiger partial charge in [0, 0.05) is 38.1 Å². The van der Waals surface area contributed by atoms with Crippen molar-refractivity contribution in [3.8, 4) is 0 Å². The molecule has 4 heterocycles. The van der Waals surface area contributed by atoms with Crippen molar-refractivity contribution in [2.24, 2.45) is 5.92 Å². The summed E-state index contributed by atoms with van der Waals surface area (Å²) in [6, 6.07) is 4.10. The Kier molecular flexibility index (Phi) is 7.66. The fraction of sp³-hybridized carbons (Fsp3) is 0.704. The molecule has 5 rings (SSSR count). The lowest BCUT2D eigenvalue weighted by atomic mass is 9.89. The van der Waals surface area contributed by atoms with Crippen molar-refractivity contribution in [3.05, 3.63) is 17.8 Å². The van der Waals surface area contributed by atoms with Crippen molar-refractivity contribution in [2.45, 2.75) is 83.6 Å². The summed E-state index contributed by atoms with van der Waals surface area (Å²) in [5, 5.41) is 8.51. The van der Waals surface area contributed by atoms with E-state index in [0.717, 1.165) is 89.9 Å². The van der Waals surface area contributed by atoms with Gasteiger partial charge in [-0.2, -0.15) is 9.78 Å². The minimum atomic E-state index is -0.190. The Labute approximate surface area is 208 Å². The van der Waals surface area contributed by atoms with Crippen LogP contribution >= 0.6 is 0 Å². The van der Waals surface area contributed by atoms with Gasteiger partial charge in [0.1, 0.15) is 5.82 Å². The summed E-state index contributed by atoms with van der Waals surface area (Å²) in [6.07, 6.45) is 11.8. The molecular weight excluding hydrogens is 440 g/mol. The van der Waals surface area contributed by atoms with Crippen LogP contribution in [0.3, 0.4) is 0 Å². The van der Waals surface area contributed by atoms with Gasteiger partial charge in [-0.3, -0.25) is 9.59 Å². The second kappa shape index (κ2) is 11.1. The predicted octanol–water partition coefficient (Wildman–Crippen LogP) is 4.25. The van der Waals surface area contributed by atoms with E-state index in [-0.39, 0.29) is 23.8 Å². The van der Waals surface area contributed by atoms with E-state index in [1.807, 2.05) is 12.1 Å². The molecule has 8 nitrogen and oxygen atoms in total. The van der Waals surface area contributed by atoms with Crippen LogP contribution in [0.15, 0.2) is 12.1 Å². The Morgan fingerprint density at radius 3 is 2.29 bits per heavy atom. The SMILES string of the molecule is CCN1CCC(NC(=O)c2nn(C(=O)C3CCCCC3)c3nc(N4CCCCCC4)ccc23)CC1. The van der Waals surface area contributed by atoms with Crippen LogP contribution in [0.4, 0.5) is 5.82 Å². The molecule has 0 atom stereocenters. The van der Waals surface area contributed by atoms with E-state index < -0.39 is 0 Å². The molecule has 0 bridgehead atoms. The van der Waals surface area contributed by atoms with Gasteiger partial charge in [-0.05, 0) is 57.2 Å². The van der Waals surface area contributed by atoms with E-state index >= 15 is 0 Å². The van der Waals surface area contributed by atoms with Crippen molar-refractivity contribution in [1.82, 2.24) is 25.0 Å². The summed E-state index contributed by atoms with van der Waals surface area (Å²) < 4.78 is 1.46. The van der Waals surface area contributed by atoms with Crippen LogP contribution in [0.5, 0.6) is 0 Å². The Morgan fingerprint density at radius 1 is 0.914 bits per heavy atom. The number of rotatable bonds is 5. The number of carbonyl (C=O) groups is 2. The zero-order valence-corrected chi connectivity index (χ0v) is 21.2. The number of likely N-dealkylation sites (tertiary alicyclic amines) is 1. The highest BCUT2D eigenvalue weighted by atomic mass is 16.2. The van der Waals surface area contributed by atoms with Crippen LogP contribution in [0.25, 0.3) is 11.0 Å². The van der Waals surface area contributed by atoms with E-state index in [0.29, 0.717) is 16.7 Å². The fourth-order valence-corrected chi connectivity index (χ4v) is 5.95. The lowest BCUT2D eigenvalue weighted by Crippen LogP contribution is -2.44. The van der Waals surface area contributed by atoms with Crippen LogP contribution < -0.4 is 10.2 Å². The molecule has 3 aliphatic rings. The largest absolute Gasteiger partial charge is 0.357 e. The molecule has 1 N–H and O–H groups in total. The van der Waals surface area contributed by atoms with Gasteiger partial charge in [0.2, 0.25) is 0 Å². The summed E-state index contributed by atoms with van der Waals surface area (Å²) in [6.45, 7) is 7.17. The lowest BCUT2D eigenvalue weighted by Gasteiger charge is -2.31. The predicted molar refractivity (Wildman–Crippen MR) is 138 cm³/mol. The van der Waals surface area contributed by atoms with Gasteiger partial charge in [-0.15, -0.1) is 0 Å². The van der Waals surface area contributed by atoms with Gasteiger partial charge in [-0.25, -0.2) is 4.98 Å². The van der Waals surface area contributed by atoms with Gasteiger partial charge in [-0.1, -0.05) is 39.0 Å². The number of amides is 1. The maximum Gasteiger partial charge on any atom is 0.272 e. The lowest BCUT2D eigenvalue weighted by molar-refractivity contribution is 0.0788. The molecule has 2 aromatic heterocycles. The van der Waals surface area contributed by atoms with Gasteiger partial charge in [0.25, 0.3) is 11.8 Å². The maximum absolute atomic E-state index is 13.6. The third-order valence-electron chi connectivity index (χ3n) is 8.19. The first-order valence-electron chi connectivity index (χ1n) is 13.9. The van der Waals surface area contributed by atoms with Gasteiger partial charge in [0.15, 0.2) is 11.3 Å². The number of pyridine rings is 1. The van der Waals surface area contributed by atoms with E-state index in [4.69, 9.17) is 4.98 Å². The molecular formula is C27H40N6O2. The normalized spacial score (nSPS) is 21.2. The molecule has 190 valence electrons. The Hall–Kier alpha value is -2.48. The van der Waals surface area contributed by atoms with E-state index in [2.05, 4.69) is 27.1 Å². The highest BCUT2D eigenvalue weighted by Gasteiger charge is 2.29. The van der Waals surface area contributed by atoms with Gasteiger partial charge in [0.05, 0.1) is 5.39 Å². The van der Waals surface area contributed by atoms with E-state index in [1.54, 1.807) is 0 Å². The van der Waals surface area contributed by atoms with Gasteiger partial charge < -0.3 is 15.1 Å². The molecule has 2 aromatic rings. The first-order chi connectivity index (χ1) is 17.1. The number of carbonyl (C=O) groups excluding carboxylic acids is 2. The Morgan fingerprint density at radius 2 is 1.60 bits per heavy atom. The molecule has 0 aromatic carbocycles. The van der Waals surface area contributed by atoms with Crippen molar-refractivity contribution in [3.63, 3.8) is 0 Å². The molecule has 2 aliphatic heterocycles. The first kappa shape index (κ1) is 24.2. The maximum atomic E-state index is 13.6. The van der Waals surface area contributed by atoms with E-state index in [1.165, 1.54) is 23.9 Å². The fourth-order valence-electron chi connectivity index (χ4n) is 5.95. The zero-order valence-electron chi connectivity index (χ0n) is 21.2. The van der Waals surface area contributed by atoms with Crippen LogP contribution in [0.2, 0.25) is 0 Å². The second-order valence-electron chi connectivity index (χ2n) is 10.6. The van der Waals surface area contributed by atoms with E-state index in [9.17, 15) is 9.59 Å². The number of nitrogens with zero attached hydrogens (tertiary/aromatic N) is 5. The molecule has 1 saturated carbocycles. The number of aromatic nitrogens is 3. The number of nitrogens with one attached hydrogen (secondary N) is 1. The molecule has 1 amide bonds. The zero-order chi connectivity index (χ0) is 24.2. The third kappa shape index (κ3) is 5.37. The number of piperidine rings is 1. The standard InChI is InChI=1S/C27H40N6O2/c1-2-31-18-14-21(15-19-31)28-26(34)24-22-12-13-23(32-16-8-3-4-9-17-32)29-25(22)33(30-24)27(35)20-10-6-5-7-11-20/h12-13,20-21H,2-11,14-19H2,1H3,(H,28,34). The van der Waals surface area contributed by atoms with Crippen LogP contribution in [-0.4, -0.2) is 70.2 Å². The topological polar surface area (TPSA) is 83.4 Å². The van der Waals surface area contributed by atoms with Crippen LogP contribution in [0.1, 0.15) is 92.8 Å². The molecule has 8 heteroatoms. The second-order valence-corrected chi connectivity index (χ2v) is 10.6. The molecule has 0 unspecified atom stereocenters. The van der Waals surface area contributed by atoms with Crippen molar-refractivity contribution in [1.29, 1.82) is 0 Å². The third-order valence-corrected chi connectivity index (χ3v) is 8.19. The highest BCUT2D eigenvalue weighted by molar-refractivity contribution is 6.06. The average molecular weight is 481 g/mol. The Bertz CT molecular complexity index is 1030. The summed E-state index contributed by atoms with van der Waals surface area (Å²) in [4.78, 5) is 36.6. The summed E-state index contributed by atoms with van der Waals surface area (Å²) in [5.41, 5.74) is 0.866. The van der Waals surface area contributed by atoms with Crippen LogP contribution in [-0.2, 0) is 0 Å². The molecule has 2 saturated heterocycles. The van der Waals surface area contributed by atoms with Crippen molar-refractivity contribution >= 4 is 28.7 Å². The average Bonchev–Trinajstić information content (AvgIpc) is 3.07. The molecule has 1 aliphatic carbocycles. The number of hydrogen-bond acceptors (Lipinski definition) is 6. The quantitative estimate of drug-likeness (QED) is 0.689. The molecule has 0 radical (unpaired) electrons. The summed E-state index contributed by atoms with van der Waals surface area (Å²) in [5.74, 6) is 0.649. The minimum absolute atomic E-state index is 0.00878. The first-order valence-corrected chi connectivity index (χ1v) is 13.9. The number of anilines is 1. The molecule has 0 spiro atoms. The smallest absolute Gasteiger partial charge is 0.272 e. The minimum Gasteiger partial charge on any atom is -0.357 e. The monoisotopic (exact) mass is 480 g/mol. The number of fused-ring (bicyclic) bond motifs is 1. The van der Waals surface area contributed by atoms with Crippen molar-refractivity contribution < 1.29 is 9.59 Å². The summed E-state index contributed by atoms with van der Waals surface area (Å²) >= 11 is 0. The molecule has 35 heavy (non-hydrogen) atoms. The summed E-state index contributed by atoms with van der Waals surface area (Å²) in [7, 11) is 0. The van der Waals surface area contributed by atoms with Gasteiger partial charge >= 0.3 is 0 Å². The number of hydrogen-bond donors (Lipinski definition) is 1. The molecule has 3 fully saturated rings. The van der Waals surface area contributed by atoms with Crippen LogP contribution in [0, 0.1) is 5.92 Å². The Balaban J connectivity index is 1.45.